The zero-order valence-electron chi connectivity index (χ0n) is 13.7. The van der Waals surface area contributed by atoms with Gasteiger partial charge in [0, 0.05) is 33.1 Å². The number of ether oxygens (including phenoxy) is 1. The van der Waals surface area contributed by atoms with Gasteiger partial charge >= 0.3 is 0 Å². The van der Waals surface area contributed by atoms with Crippen LogP contribution in [0.5, 0.6) is 5.75 Å². The second-order valence-electron chi connectivity index (χ2n) is 6.31. The third-order valence-corrected chi connectivity index (χ3v) is 4.62. The molecule has 0 saturated carbocycles. The lowest BCUT2D eigenvalue weighted by Crippen LogP contribution is -2.37. The molecule has 0 bridgehead atoms. The van der Waals surface area contributed by atoms with E-state index in [9.17, 15) is 9.59 Å². The maximum absolute atomic E-state index is 12.6. The molecule has 1 saturated heterocycles. The summed E-state index contributed by atoms with van der Waals surface area (Å²) in [6.07, 6.45) is 3.34. The standard InChI is InChI=1S/C18H24N2O3/c1-14(21)19-7-3-8-20(10-9-19)18(22)13-15-5-6-17-16(12-15)4-2-11-23-17/h5-6,12H,2-4,7-11,13H2,1H3. The van der Waals surface area contributed by atoms with E-state index in [0.29, 0.717) is 19.5 Å². The quantitative estimate of drug-likeness (QED) is 0.833. The third kappa shape index (κ3) is 3.84. The van der Waals surface area contributed by atoms with Gasteiger partial charge in [-0.05, 0) is 36.5 Å². The van der Waals surface area contributed by atoms with Gasteiger partial charge in [-0.2, -0.15) is 0 Å². The third-order valence-electron chi connectivity index (χ3n) is 4.62. The van der Waals surface area contributed by atoms with Gasteiger partial charge in [-0.15, -0.1) is 0 Å². The van der Waals surface area contributed by atoms with Crippen LogP contribution >= 0.6 is 0 Å². The average molecular weight is 316 g/mol. The smallest absolute Gasteiger partial charge is 0.227 e. The fraction of sp³-hybridized carbons (Fsp3) is 0.556. The monoisotopic (exact) mass is 316 g/mol. The molecule has 0 aliphatic carbocycles. The number of nitrogens with zero attached hydrogens (tertiary/aromatic N) is 2. The Bertz CT molecular complexity index is 600. The van der Waals surface area contributed by atoms with Crippen LogP contribution in [0.25, 0.3) is 0 Å². The van der Waals surface area contributed by atoms with E-state index in [1.807, 2.05) is 21.9 Å². The molecule has 0 N–H and O–H groups in total. The summed E-state index contributed by atoms with van der Waals surface area (Å²) in [5, 5.41) is 0. The molecule has 3 rings (SSSR count). The van der Waals surface area contributed by atoms with E-state index in [-0.39, 0.29) is 11.8 Å². The maximum atomic E-state index is 12.6. The van der Waals surface area contributed by atoms with Crippen molar-refractivity contribution in [3.63, 3.8) is 0 Å². The molecule has 2 aliphatic heterocycles. The van der Waals surface area contributed by atoms with E-state index >= 15 is 0 Å². The van der Waals surface area contributed by atoms with Crippen molar-refractivity contribution in [1.29, 1.82) is 0 Å². The Labute approximate surface area is 137 Å². The van der Waals surface area contributed by atoms with Crippen molar-refractivity contribution in [2.45, 2.75) is 32.6 Å². The van der Waals surface area contributed by atoms with Gasteiger partial charge in [-0.1, -0.05) is 12.1 Å². The molecular weight excluding hydrogens is 292 g/mol. The van der Waals surface area contributed by atoms with E-state index < -0.39 is 0 Å². The maximum Gasteiger partial charge on any atom is 0.227 e. The molecule has 0 atom stereocenters. The summed E-state index contributed by atoms with van der Waals surface area (Å²) in [6, 6.07) is 6.07. The highest BCUT2D eigenvalue weighted by atomic mass is 16.5. The molecule has 2 aliphatic rings. The summed E-state index contributed by atoms with van der Waals surface area (Å²) >= 11 is 0. The Morgan fingerprint density at radius 3 is 2.70 bits per heavy atom. The summed E-state index contributed by atoms with van der Waals surface area (Å²) in [6.45, 7) is 5.12. The van der Waals surface area contributed by atoms with E-state index in [2.05, 4.69) is 6.07 Å². The van der Waals surface area contributed by atoms with Crippen LogP contribution in [0.4, 0.5) is 0 Å². The Kier molecular flexibility index (Phi) is 4.84. The summed E-state index contributed by atoms with van der Waals surface area (Å²) in [4.78, 5) is 27.7. The van der Waals surface area contributed by atoms with Crippen LogP contribution in [0.1, 0.15) is 30.9 Å². The first-order valence-electron chi connectivity index (χ1n) is 8.41. The fourth-order valence-corrected chi connectivity index (χ4v) is 3.29. The van der Waals surface area contributed by atoms with Crippen molar-refractivity contribution < 1.29 is 14.3 Å². The molecule has 0 unspecified atom stereocenters. The van der Waals surface area contributed by atoms with E-state index in [1.165, 1.54) is 5.56 Å². The number of hydrogen-bond donors (Lipinski definition) is 0. The van der Waals surface area contributed by atoms with Gasteiger partial charge < -0.3 is 14.5 Å². The number of carbonyl (C=O) groups excluding carboxylic acids is 2. The summed E-state index contributed by atoms with van der Waals surface area (Å²) < 4.78 is 5.62. The molecule has 23 heavy (non-hydrogen) atoms. The first-order valence-corrected chi connectivity index (χ1v) is 8.41. The predicted molar refractivity (Wildman–Crippen MR) is 87.4 cm³/mol. The SMILES string of the molecule is CC(=O)N1CCCN(C(=O)Cc2ccc3c(c2)CCCO3)CC1. The van der Waals surface area contributed by atoms with Crippen LogP contribution in [0.2, 0.25) is 0 Å². The van der Waals surface area contributed by atoms with Crippen molar-refractivity contribution >= 4 is 11.8 Å². The number of fused-ring (bicyclic) bond motifs is 1. The topological polar surface area (TPSA) is 49.9 Å². The first-order chi connectivity index (χ1) is 11.1. The highest BCUT2D eigenvalue weighted by Gasteiger charge is 2.21. The second kappa shape index (κ2) is 7.02. The minimum Gasteiger partial charge on any atom is -0.493 e. The number of aryl methyl sites for hydroxylation is 1. The molecule has 1 aromatic rings. The van der Waals surface area contributed by atoms with Crippen molar-refractivity contribution in [3.8, 4) is 5.75 Å². The van der Waals surface area contributed by atoms with Crippen molar-refractivity contribution in [2.75, 3.05) is 32.8 Å². The lowest BCUT2D eigenvalue weighted by molar-refractivity contribution is -0.132. The Hall–Kier alpha value is -2.04. The van der Waals surface area contributed by atoms with E-state index in [4.69, 9.17) is 4.74 Å². The van der Waals surface area contributed by atoms with Crippen LogP contribution < -0.4 is 4.74 Å². The fourth-order valence-electron chi connectivity index (χ4n) is 3.29. The molecule has 1 fully saturated rings. The highest BCUT2D eigenvalue weighted by Crippen LogP contribution is 2.25. The number of hydrogen-bond acceptors (Lipinski definition) is 3. The molecule has 1 aromatic carbocycles. The number of amides is 2. The van der Waals surface area contributed by atoms with Gasteiger partial charge in [0.15, 0.2) is 0 Å². The summed E-state index contributed by atoms with van der Waals surface area (Å²) in [5.41, 5.74) is 2.26. The van der Waals surface area contributed by atoms with Crippen molar-refractivity contribution in [2.24, 2.45) is 0 Å². The minimum absolute atomic E-state index is 0.0917. The minimum atomic E-state index is 0.0917. The van der Waals surface area contributed by atoms with Gasteiger partial charge in [0.1, 0.15) is 5.75 Å². The number of rotatable bonds is 2. The van der Waals surface area contributed by atoms with Crippen LogP contribution in [-0.2, 0) is 22.4 Å². The molecular formula is C18H24N2O3. The summed E-state index contributed by atoms with van der Waals surface area (Å²) in [7, 11) is 0. The van der Waals surface area contributed by atoms with Crippen LogP contribution in [0.15, 0.2) is 18.2 Å². The molecule has 5 heteroatoms. The van der Waals surface area contributed by atoms with E-state index in [0.717, 1.165) is 50.3 Å². The Morgan fingerprint density at radius 2 is 1.87 bits per heavy atom. The van der Waals surface area contributed by atoms with Crippen LogP contribution in [0, 0.1) is 0 Å². The zero-order valence-corrected chi connectivity index (χ0v) is 13.7. The van der Waals surface area contributed by atoms with Crippen molar-refractivity contribution in [3.05, 3.63) is 29.3 Å². The molecule has 5 nitrogen and oxygen atoms in total. The normalized spacial score (nSPS) is 18.0. The highest BCUT2D eigenvalue weighted by molar-refractivity contribution is 5.79. The van der Waals surface area contributed by atoms with E-state index in [1.54, 1.807) is 6.92 Å². The van der Waals surface area contributed by atoms with Gasteiger partial charge in [0.2, 0.25) is 11.8 Å². The van der Waals surface area contributed by atoms with Crippen LogP contribution in [0.3, 0.4) is 0 Å². The van der Waals surface area contributed by atoms with Gasteiger partial charge in [-0.3, -0.25) is 9.59 Å². The second-order valence-corrected chi connectivity index (χ2v) is 6.31. The predicted octanol–water partition coefficient (Wildman–Crippen LogP) is 1.63. The number of carbonyl (C=O) groups is 2. The van der Waals surface area contributed by atoms with Gasteiger partial charge in [0.25, 0.3) is 0 Å². The zero-order chi connectivity index (χ0) is 16.2. The molecule has 2 heterocycles. The molecule has 124 valence electrons. The lowest BCUT2D eigenvalue weighted by Gasteiger charge is -2.22. The molecule has 0 spiro atoms. The largest absolute Gasteiger partial charge is 0.493 e. The Morgan fingerprint density at radius 1 is 1.09 bits per heavy atom. The van der Waals surface area contributed by atoms with Gasteiger partial charge in [0.05, 0.1) is 13.0 Å². The average Bonchev–Trinajstić information content (AvgIpc) is 2.81. The lowest BCUT2D eigenvalue weighted by atomic mass is 10.0. The number of benzene rings is 1. The first kappa shape index (κ1) is 15.8. The molecule has 0 radical (unpaired) electrons. The van der Waals surface area contributed by atoms with Crippen LogP contribution in [-0.4, -0.2) is 54.4 Å². The summed E-state index contributed by atoms with van der Waals surface area (Å²) in [5.74, 6) is 1.19. The molecule has 2 amide bonds. The Balaban J connectivity index is 1.61. The van der Waals surface area contributed by atoms with Crippen molar-refractivity contribution in [1.82, 2.24) is 9.80 Å². The molecule has 0 aromatic heterocycles. The van der Waals surface area contributed by atoms with Gasteiger partial charge in [-0.25, -0.2) is 0 Å².